The lowest BCUT2D eigenvalue weighted by Crippen LogP contribution is -2.02. The van der Waals surface area contributed by atoms with Crippen LogP contribution >= 0.6 is 0 Å². The molecule has 0 atom stereocenters. The van der Waals surface area contributed by atoms with Crippen LogP contribution in [0.15, 0.2) is 23.2 Å². The van der Waals surface area contributed by atoms with E-state index < -0.39 is 0 Å². The van der Waals surface area contributed by atoms with Crippen molar-refractivity contribution in [2.75, 3.05) is 13.7 Å². The second kappa shape index (κ2) is 4.69. The van der Waals surface area contributed by atoms with Crippen LogP contribution in [-0.4, -0.2) is 19.4 Å². The van der Waals surface area contributed by atoms with Gasteiger partial charge in [0.15, 0.2) is 0 Å². The Morgan fingerprint density at radius 2 is 2.19 bits per heavy atom. The highest BCUT2D eigenvalue weighted by Gasteiger charge is 2.22. The van der Waals surface area contributed by atoms with Gasteiger partial charge in [0.2, 0.25) is 0 Å². The number of nitrogens with zero attached hydrogens (tertiary/aromatic N) is 1. The van der Waals surface area contributed by atoms with Crippen LogP contribution in [0.5, 0.6) is 5.75 Å². The third kappa shape index (κ3) is 2.63. The van der Waals surface area contributed by atoms with Crippen molar-refractivity contribution in [1.29, 1.82) is 0 Å². The fourth-order valence-corrected chi connectivity index (χ4v) is 1.60. The van der Waals surface area contributed by atoms with Gasteiger partial charge in [0, 0.05) is 12.8 Å². The zero-order valence-corrected chi connectivity index (χ0v) is 10.3. The third-order valence-electron chi connectivity index (χ3n) is 3.11. The smallest absolute Gasteiger partial charge is 0.122 e. The van der Waals surface area contributed by atoms with Crippen LogP contribution in [0.4, 0.5) is 0 Å². The molecule has 0 bridgehead atoms. The summed E-state index contributed by atoms with van der Waals surface area (Å²) < 4.78 is 5.84. The second-order valence-electron chi connectivity index (χ2n) is 4.54. The SMILES string of the molecule is C/N=C(\C)c1ccc(C)c(OCC2CC2)c1. The monoisotopic (exact) mass is 217 g/mol. The molecule has 0 heterocycles. The molecule has 0 aromatic heterocycles. The summed E-state index contributed by atoms with van der Waals surface area (Å²) in [7, 11) is 1.82. The first kappa shape index (κ1) is 11.2. The standard InChI is InChI=1S/C14H19NO/c1-10-4-7-13(11(2)15-3)8-14(10)16-9-12-5-6-12/h4,7-8,12H,5-6,9H2,1-3H3/b15-11+. The van der Waals surface area contributed by atoms with E-state index in [-0.39, 0.29) is 0 Å². The van der Waals surface area contributed by atoms with Crippen LogP contribution in [0, 0.1) is 12.8 Å². The van der Waals surface area contributed by atoms with Crippen molar-refractivity contribution in [1.82, 2.24) is 0 Å². The van der Waals surface area contributed by atoms with E-state index in [1.165, 1.54) is 18.4 Å². The van der Waals surface area contributed by atoms with Gasteiger partial charge < -0.3 is 4.74 Å². The molecule has 0 unspecified atom stereocenters. The quantitative estimate of drug-likeness (QED) is 0.710. The summed E-state index contributed by atoms with van der Waals surface area (Å²) >= 11 is 0. The van der Waals surface area contributed by atoms with Gasteiger partial charge in [0.25, 0.3) is 0 Å². The number of rotatable bonds is 4. The highest BCUT2D eigenvalue weighted by atomic mass is 16.5. The molecule has 86 valence electrons. The molecule has 0 aliphatic heterocycles. The van der Waals surface area contributed by atoms with Gasteiger partial charge in [-0.3, -0.25) is 4.99 Å². The van der Waals surface area contributed by atoms with Crippen molar-refractivity contribution >= 4 is 5.71 Å². The van der Waals surface area contributed by atoms with Gasteiger partial charge in [-0.1, -0.05) is 12.1 Å². The van der Waals surface area contributed by atoms with Gasteiger partial charge in [0.05, 0.1) is 6.61 Å². The van der Waals surface area contributed by atoms with Crippen molar-refractivity contribution < 1.29 is 4.74 Å². The molecular weight excluding hydrogens is 198 g/mol. The van der Waals surface area contributed by atoms with E-state index in [2.05, 4.69) is 30.1 Å². The molecule has 1 fully saturated rings. The van der Waals surface area contributed by atoms with Crippen LogP contribution in [0.3, 0.4) is 0 Å². The van der Waals surface area contributed by atoms with Crippen LogP contribution in [-0.2, 0) is 0 Å². The highest BCUT2D eigenvalue weighted by Crippen LogP contribution is 2.30. The lowest BCUT2D eigenvalue weighted by Gasteiger charge is -2.10. The fraction of sp³-hybridized carbons (Fsp3) is 0.500. The van der Waals surface area contributed by atoms with Gasteiger partial charge in [-0.2, -0.15) is 0 Å². The molecule has 2 rings (SSSR count). The lowest BCUT2D eigenvalue weighted by atomic mass is 10.1. The number of hydrogen-bond acceptors (Lipinski definition) is 2. The van der Waals surface area contributed by atoms with Gasteiger partial charge >= 0.3 is 0 Å². The highest BCUT2D eigenvalue weighted by molar-refractivity contribution is 5.99. The van der Waals surface area contributed by atoms with Gasteiger partial charge in [0.1, 0.15) is 5.75 Å². The van der Waals surface area contributed by atoms with Crippen molar-refractivity contribution in [3.63, 3.8) is 0 Å². The first-order valence-corrected chi connectivity index (χ1v) is 5.88. The van der Waals surface area contributed by atoms with E-state index in [1.54, 1.807) is 0 Å². The summed E-state index contributed by atoms with van der Waals surface area (Å²) in [4.78, 5) is 4.20. The molecule has 1 saturated carbocycles. The number of aliphatic imine (C=N–C) groups is 1. The predicted molar refractivity (Wildman–Crippen MR) is 67.5 cm³/mol. The normalized spacial score (nSPS) is 16.3. The van der Waals surface area contributed by atoms with Crippen LogP contribution in [0.2, 0.25) is 0 Å². The average molecular weight is 217 g/mol. The van der Waals surface area contributed by atoms with Crippen LogP contribution < -0.4 is 4.74 Å². The van der Waals surface area contributed by atoms with Crippen LogP contribution in [0.1, 0.15) is 30.9 Å². The topological polar surface area (TPSA) is 21.6 Å². The molecule has 16 heavy (non-hydrogen) atoms. The Bertz CT molecular complexity index is 405. The van der Waals surface area contributed by atoms with Crippen molar-refractivity contribution in [3.8, 4) is 5.75 Å². The fourth-order valence-electron chi connectivity index (χ4n) is 1.60. The molecule has 1 aromatic carbocycles. The molecule has 0 amide bonds. The minimum Gasteiger partial charge on any atom is -0.493 e. The summed E-state index contributed by atoms with van der Waals surface area (Å²) in [6.07, 6.45) is 2.66. The van der Waals surface area contributed by atoms with Gasteiger partial charge in [-0.15, -0.1) is 0 Å². The minimum absolute atomic E-state index is 0.795. The maximum absolute atomic E-state index is 5.84. The first-order valence-electron chi connectivity index (χ1n) is 5.88. The average Bonchev–Trinajstić information content (AvgIpc) is 3.11. The molecular formula is C14H19NO. The van der Waals surface area contributed by atoms with Gasteiger partial charge in [-0.25, -0.2) is 0 Å². The summed E-state index contributed by atoms with van der Waals surface area (Å²) in [6, 6.07) is 6.30. The molecule has 2 heteroatoms. The molecule has 0 saturated heterocycles. The summed E-state index contributed by atoms with van der Waals surface area (Å²) in [5, 5.41) is 0. The zero-order valence-electron chi connectivity index (χ0n) is 10.3. The first-order chi connectivity index (χ1) is 7.70. The number of ether oxygens (including phenoxy) is 1. The van der Waals surface area contributed by atoms with Crippen molar-refractivity contribution in [2.45, 2.75) is 26.7 Å². The summed E-state index contributed by atoms with van der Waals surface area (Å²) in [5.74, 6) is 1.80. The Balaban J connectivity index is 2.14. The van der Waals surface area contributed by atoms with Crippen LogP contribution in [0.25, 0.3) is 0 Å². The Hall–Kier alpha value is -1.31. The third-order valence-corrected chi connectivity index (χ3v) is 3.11. The summed E-state index contributed by atoms with van der Waals surface area (Å²) in [6.45, 7) is 4.98. The predicted octanol–water partition coefficient (Wildman–Crippen LogP) is 3.22. The summed E-state index contributed by atoms with van der Waals surface area (Å²) in [5.41, 5.74) is 3.41. The molecule has 1 aliphatic rings. The second-order valence-corrected chi connectivity index (χ2v) is 4.54. The number of aryl methyl sites for hydroxylation is 1. The molecule has 0 spiro atoms. The Labute approximate surface area is 97.4 Å². The number of hydrogen-bond donors (Lipinski definition) is 0. The maximum atomic E-state index is 5.84. The Kier molecular flexibility index (Phi) is 3.28. The Morgan fingerprint density at radius 3 is 2.81 bits per heavy atom. The molecule has 0 N–H and O–H groups in total. The molecule has 1 aromatic rings. The number of benzene rings is 1. The van der Waals surface area contributed by atoms with E-state index in [4.69, 9.17) is 4.74 Å². The van der Waals surface area contributed by atoms with E-state index in [0.717, 1.165) is 29.5 Å². The van der Waals surface area contributed by atoms with Crippen molar-refractivity contribution in [3.05, 3.63) is 29.3 Å². The minimum atomic E-state index is 0.795. The maximum Gasteiger partial charge on any atom is 0.122 e. The van der Waals surface area contributed by atoms with Gasteiger partial charge in [-0.05, 0) is 49.8 Å². The zero-order chi connectivity index (χ0) is 11.5. The largest absolute Gasteiger partial charge is 0.493 e. The van der Waals surface area contributed by atoms with E-state index in [9.17, 15) is 0 Å². The van der Waals surface area contributed by atoms with E-state index in [1.807, 2.05) is 14.0 Å². The molecule has 0 radical (unpaired) electrons. The van der Waals surface area contributed by atoms with E-state index >= 15 is 0 Å². The van der Waals surface area contributed by atoms with E-state index in [0.29, 0.717) is 0 Å². The lowest BCUT2D eigenvalue weighted by molar-refractivity contribution is 0.298. The Morgan fingerprint density at radius 1 is 1.44 bits per heavy atom. The van der Waals surface area contributed by atoms with Crippen molar-refractivity contribution in [2.24, 2.45) is 10.9 Å². The molecule has 2 nitrogen and oxygen atoms in total. The molecule has 1 aliphatic carbocycles.